The second-order valence-corrected chi connectivity index (χ2v) is 6.86. The summed E-state index contributed by atoms with van der Waals surface area (Å²) in [7, 11) is 1.36. The van der Waals surface area contributed by atoms with Crippen molar-refractivity contribution in [3.05, 3.63) is 71.6 Å². The maximum atomic E-state index is 11.5. The summed E-state index contributed by atoms with van der Waals surface area (Å²) in [5.74, 6) is 1.24. The van der Waals surface area contributed by atoms with E-state index in [0.29, 0.717) is 23.3 Å². The van der Waals surface area contributed by atoms with Gasteiger partial charge in [0, 0.05) is 12.0 Å². The number of carbonyl (C=O) groups is 1. The molecule has 3 rings (SSSR count). The van der Waals surface area contributed by atoms with Crippen LogP contribution in [0.3, 0.4) is 0 Å². The fourth-order valence-electron chi connectivity index (χ4n) is 3.29. The first kappa shape index (κ1) is 19.8. The predicted octanol–water partition coefficient (Wildman–Crippen LogP) is 5.43. The van der Waals surface area contributed by atoms with Gasteiger partial charge in [0.2, 0.25) is 11.8 Å². The summed E-state index contributed by atoms with van der Waals surface area (Å²) in [6.07, 6.45) is 5.29. The van der Waals surface area contributed by atoms with Crippen LogP contribution < -0.4 is 0 Å². The Morgan fingerprint density at radius 2 is 1.79 bits per heavy atom. The van der Waals surface area contributed by atoms with Crippen molar-refractivity contribution >= 4 is 5.97 Å². The highest BCUT2D eigenvalue weighted by Gasteiger charge is 2.15. The molecule has 2 aromatic carbocycles. The number of aryl methyl sites for hydroxylation is 1. The molecule has 5 nitrogen and oxygen atoms in total. The molecule has 1 heterocycles. The van der Waals surface area contributed by atoms with Gasteiger partial charge in [-0.05, 0) is 48.6 Å². The van der Waals surface area contributed by atoms with Crippen LogP contribution >= 0.6 is 0 Å². The van der Waals surface area contributed by atoms with Crippen molar-refractivity contribution in [1.82, 2.24) is 10.2 Å². The molecule has 3 aromatic rings. The van der Waals surface area contributed by atoms with Crippen LogP contribution in [0.1, 0.15) is 60.3 Å². The van der Waals surface area contributed by atoms with Gasteiger partial charge in [-0.25, -0.2) is 4.79 Å². The number of rotatable bonds is 9. The molecule has 0 aliphatic rings. The van der Waals surface area contributed by atoms with Crippen molar-refractivity contribution in [3.63, 3.8) is 0 Å². The number of methoxy groups -OCH3 is 1. The van der Waals surface area contributed by atoms with E-state index in [1.807, 2.05) is 0 Å². The summed E-state index contributed by atoms with van der Waals surface area (Å²) >= 11 is 0. The summed E-state index contributed by atoms with van der Waals surface area (Å²) in [5, 5.41) is 8.37. The summed E-state index contributed by atoms with van der Waals surface area (Å²) in [4.78, 5) is 11.5. The van der Waals surface area contributed by atoms with E-state index in [2.05, 4.69) is 47.5 Å². The Morgan fingerprint density at radius 1 is 1.04 bits per heavy atom. The lowest BCUT2D eigenvalue weighted by atomic mass is 9.89. The van der Waals surface area contributed by atoms with E-state index in [-0.39, 0.29) is 5.97 Å². The van der Waals surface area contributed by atoms with Gasteiger partial charge < -0.3 is 9.15 Å². The zero-order valence-electron chi connectivity index (χ0n) is 16.4. The van der Waals surface area contributed by atoms with Crippen LogP contribution in [0.2, 0.25) is 0 Å². The van der Waals surface area contributed by atoms with Crippen molar-refractivity contribution in [2.75, 3.05) is 7.11 Å². The SMILES string of the molecule is CCCCC(CCc1nnc(-c2ccc(C(=O)OC)cc2)o1)c1ccccc1. The lowest BCUT2D eigenvalue weighted by molar-refractivity contribution is 0.0600. The number of benzene rings is 2. The third kappa shape index (κ3) is 5.06. The van der Waals surface area contributed by atoms with E-state index >= 15 is 0 Å². The van der Waals surface area contributed by atoms with E-state index < -0.39 is 0 Å². The third-order valence-corrected chi connectivity index (χ3v) is 4.90. The number of hydrogen-bond donors (Lipinski definition) is 0. The maximum absolute atomic E-state index is 11.5. The molecular weight excluding hydrogens is 352 g/mol. The fourth-order valence-corrected chi connectivity index (χ4v) is 3.29. The number of ether oxygens (including phenoxy) is 1. The molecule has 0 fully saturated rings. The van der Waals surface area contributed by atoms with Gasteiger partial charge in [0.25, 0.3) is 0 Å². The smallest absolute Gasteiger partial charge is 0.337 e. The molecule has 0 saturated carbocycles. The molecular formula is C23H26N2O3. The number of hydrogen-bond acceptors (Lipinski definition) is 5. The number of esters is 1. The first-order valence-corrected chi connectivity index (χ1v) is 9.77. The average molecular weight is 378 g/mol. The minimum Gasteiger partial charge on any atom is -0.465 e. The summed E-state index contributed by atoms with van der Waals surface area (Å²) < 4.78 is 10.6. The molecule has 28 heavy (non-hydrogen) atoms. The lowest BCUT2D eigenvalue weighted by Crippen LogP contribution is -2.01. The highest BCUT2D eigenvalue weighted by Crippen LogP contribution is 2.27. The van der Waals surface area contributed by atoms with Crippen molar-refractivity contribution in [3.8, 4) is 11.5 Å². The molecule has 0 aliphatic heterocycles. The number of carbonyl (C=O) groups excluding carboxylic acids is 1. The molecule has 1 aromatic heterocycles. The second-order valence-electron chi connectivity index (χ2n) is 6.86. The van der Waals surface area contributed by atoms with E-state index in [4.69, 9.17) is 9.15 Å². The fraction of sp³-hybridized carbons (Fsp3) is 0.348. The minimum atomic E-state index is -0.364. The molecule has 1 atom stereocenters. The summed E-state index contributed by atoms with van der Waals surface area (Å²) in [6, 6.07) is 17.6. The van der Waals surface area contributed by atoms with Gasteiger partial charge in [-0.1, -0.05) is 50.1 Å². The van der Waals surface area contributed by atoms with Crippen LogP contribution in [0.5, 0.6) is 0 Å². The van der Waals surface area contributed by atoms with Gasteiger partial charge in [-0.2, -0.15) is 0 Å². The number of aromatic nitrogens is 2. The summed E-state index contributed by atoms with van der Waals surface area (Å²) in [6.45, 7) is 2.22. The van der Waals surface area contributed by atoms with E-state index in [0.717, 1.165) is 24.8 Å². The number of unbranched alkanes of at least 4 members (excludes halogenated alkanes) is 1. The molecule has 146 valence electrons. The van der Waals surface area contributed by atoms with E-state index in [9.17, 15) is 4.79 Å². The molecule has 0 saturated heterocycles. The zero-order chi connectivity index (χ0) is 19.8. The van der Waals surface area contributed by atoms with Gasteiger partial charge in [-0.3, -0.25) is 0 Å². The Labute approximate surface area is 165 Å². The lowest BCUT2D eigenvalue weighted by Gasteiger charge is -2.16. The molecule has 0 aliphatic carbocycles. The van der Waals surface area contributed by atoms with Gasteiger partial charge in [0.15, 0.2) is 0 Å². The summed E-state index contributed by atoms with van der Waals surface area (Å²) in [5.41, 5.74) is 2.65. The topological polar surface area (TPSA) is 65.2 Å². The van der Waals surface area contributed by atoms with E-state index in [1.54, 1.807) is 24.3 Å². The first-order chi connectivity index (χ1) is 13.7. The van der Waals surface area contributed by atoms with Gasteiger partial charge in [-0.15, -0.1) is 10.2 Å². The quantitative estimate of drug-likeness (QED) is 0.465. The molecule has 0 radical (unpaired) electrons. The molecule has 0 amide bonds. The molecule has 1 unspecified atom stereocenters. The van der Waals surface area contributed by atoms with Crippen LogP contribution in [0.15, 0.2) is 59.0 Å². The van der Waals surface area contributed by atoms with Crippen LogP contribution in [-0.2, 0) is 11.2 Å². The molecule has 0 bridgehead atoms. The van der Waals surface area contributed by atoms with Gasteiger partial charge in [0.1, 0.15) is 0 Å². The second kappa shape index (κ2) is 9.83. The van der Waals surface area contributed by atoms with Gasteiger partial charge in [0.05, 0.1) is 12.7 Å². The Hall–Kier alpha value is -2.95. The Kier molecular flexibility index (Phi) is 6.95. The molecule has 5 heteroatoms. The van der Waals surface area contributed by atoms with Crippen molar-refractivity contribution in [2.24, 2.45) is 0 Å². The largest absolute Gasteiger partial charge is 0.465 e. The highest BCUT2D eigenvalue weighted by atomic mass is 16.5. The Balaban J connectivity index is 1.65. The predicted molar refractivity (Wildman–Crippen MR) is 108 cm³/mol. The van der Waals surface area contributed by atoms with Crippen molar-refractivity contribution in [1.29, 1.82) is 0 Å². The molecule has 0 N–H and O–H groups in total. The van der Waals surface area contributed by atoms with Crippen molar-refractivity contribution in [2.45, 2.75) is 44.9 Å². The maximum Gasteiger partial charge on any atom is 0.337 e. The first-order valence-electron chi connectivity index (χ1n) is 9.77. The highest BCUT2D eigenvalue weighted by molar-refractivity contribution is 5.89. The zero-order valence-corrected chi connectivity index (χ0v) is 16.4. The van der Waals surface area contributed by atoms with Crippen LogP contribution in [0.4, 0.5) is 0 Å². The third-order valence-electron chi connectivity index (χ3n) is 4.90. The minimum absolute atomic E-state index is 0.364. The van der Waals surface area contributed by atoms with E-state index in [1.165, 1.54) is 25.5 Å². The van der Waals surface area contributed by atoms with Crippen LogP contribution in [-0.4, -0.2) is 23.3 Å². The Bertz CT molecular complexity index is 872. The number of nitrogens with zero attached hydrogens (tertiary/aromatic N) is 2. The average Bonchev–Trinajstić information content (AvgIpc) is 3.23. The van der Waals surface area contributed by atoms with Gasteiger partial charge >= 0.3 is 5.97 Å². The van der Waals surface area contributed by atoms with Crippen molar-refractivity contribution < 1.29 is 13.9 Å². The normalized spacial score (nSPS) is 11.9. The van der Waals surface area contributed by atoms with Crippen LogP contribution in [0, 0.1) is 0 Å². The monoisotopic (exact) mass is 378 g/mol. The Morgan fingerprint density at radius 3 is 2.46 bits per heavy atom. The molecule has 0 spiro atoms. The van der Waals surface area contributed by atoms with Crippen LogP contribution in [0.25, 0.3) is 11.5 Å². The standard InChI is InChI=1S/C23H26N2O3/c1-3-4-8-18(17-9-6-5-7-10-17)15-16-21-24-25-22(28-21)19-11-13-20(14-12-19)23(26)27-2/h5-7,9-14,18H,3-4,8,15-16H2,1-2H3.